The Morgan fingerprint density at radius 3 is 2.84 bits per heavy atom. The Morgan fingerprint density at radius 1 is 1.28 bits per heavy atom. The molecule has 0 saturated heterocycles. The molecule has 1 aromatic carbocycles. The van der Waals surface area contributed by atoms with Gasteiger partial charge in [0, 0.05) is 0 Å². The summed E-state index contributed by atoms with van der Waals surface area (Å²) in [5, 5.41) is 12.8. The maximum atomic E-state index is 12.3. The maximum absolute atomic E-state index is 12.3. The smallest absolute Gasteiger partial charge is 0.342 e. The summed E-state index contributed by atoms with van der Waals surface area (Å²) in [6, 6.07) is 5.74. The number of esters is 1. The van der Waals surface area contributed by atoms with E-state index in [1.165, 1.54) is 11.8 Å². The number of aromatic nitrogens is 6. The predicted molar refractivity (Wildman–Crippen MR) is 117 cm³/mol. The third-order valence-corrected chi connectivity index (χ3v) is 5.53. The van der Waals surface area contributed by atoms with Gasteiger partial charge in [-0.25, -0.2) is 9.78 Å². The van der Waals surface area contributed by atoms with Crippen LogP contribution < -0.4 is 10.5 Å². The fraction of sp³-hybridized carbons (Fsp3) is 0.300. The summed E-state index contributed by atoms with van der Waals surface area (Å²) >= 11 is 1.33. The Balaban J connectivity index is 1.63. The molecule has 3 aromatic heterocycles. The molecule has 4 rings (SSSR count). The lowest BCUT2D eigenvalue weighted by Crippen LogP contribution is -2.07. The van der Waals surface area contributed by atoms with Gasteiger partial charge in [0.2, 0.25) is 10.9 Å². The first-order chi connectivity index (χ1) is 15.4. The van der Waals surface area contributed by atoms with Gasteiger partial charge in [-0.15, -0.1) is 5.10 Å². The number of ether oxygens (including phenoxy) is 2. The minimum atomic E-state index is -0.521. The topological polar surface area (TPSA) is 144 Å². The number of nitrogens with two attached hydrogens (primary N) is 1. The summed E-state index contributed by atoms with van der Waals surface area (Å²) in [5.41, 5.74) is 8.37. The summed E-state index contributed by atoms with van der Waals surface area (Å²) in [6.07, 6.45) is 0. The van der Waals surface area contributed by atoms with Gasteiger partial charge in [0.25, 0.3) is 0 Å². The molecule has 0 aliphatic heterocycles. The van der Waals surface area contributed by atoms with Crippen molar-refractivity contribution in [1.82, 2.24) is 30.2 Å². The minimum Gasteiger partial charge on any atom is -0.494 e. The average molecular weight is 456 g/mol. The summed E-state index contributed by atoms with van der Waals surface area (Å²) in [6.45, 7) is 5.60. The SMILES string of the molecule is CCOC(=O)c1c(C)oc2nc(CSc3nnnn3-c3cc(C)ccc3OC)nc(N)c12. The van der Waals surface area contributed by atoms with Crippen molar-refractivity contribution in [2.24, 2.45) is 0 Å². The molecule has 0 spiro atoms. The van der Waals surface area contributed by atoms with E-state index in [2.05, 4.69) is 25.5 Å². The predicted octanol–water partition coefficient (Wildman–Crippen LogP) is 2.88. The molecule has 3 heterocycles. The fourth-order valence-electron chi connectivity index (χ4n) is 3.21. The van der Waals surface area contributed by atoms with Crippen LogP contribution in [0, 0.1) is 13.8 Å². The van der Waals surface area contributed by atoms with Gasteiger partial charge in [0.1, 0.15) is 34.4 Å². The van der Waals surface area contributed by atoms with Crippen LogP contribution in [0.15, 0.2) is 27.8 Å². The maximum Gasteiger partial charge on any atom is 0.342 e. The highest BCUT2D eigenvalue weighted by Crippen LogP contribution is 2.31. The number of nitrogen functional groups attached to an aromatic ring is 1. The van der Waals surface area contributed by atoms with Crippen molar-refractivity contribution in [1.29, 1.82) is 0 Å². The van der Waals surface area contributed by atoms with E-state index in [4.69, 9.17) is 19.6 Å². The monoisotopic (exact) mass is 455 g/mol. The fourth-order valence-corrected chi connectivity index (χ4v) is 3.95. The number of benzene rings is 1. The van der Waals surface area contributed by atoms with E-state index in [1.54, 1.807) is 25.6 Å². The zero-order valence-corrected chi connectivity index (χ0v) is 18.8. The van der Waals surface area contributed by atoms with E-state index in [1.807, 2.05) is 25.1 Å². The Bertz CT molecular complexity index is 1300. The number of anilines is 1. The van der Waals surface area contributed by atoms with Crippen molar-refractivity contribution in [3.05, 3.63) is 40.9 Å². The van der Waals surface area contributed by atoms with Gasteiger partial charge in [-0.1, -0.05) is 17.8 Å². The molecule has 0 amide bonds. The number of thioether (sulfide) groups is 1. The first-order valence-corrected chi connectivity index (χ1v) is 10.7. The van der Waals surface area contributed by atoms with Crippen molar-refractivity contribution in [3.8, 4) is 11.4 Å². The second kappa shape index (κ2) is 8.83. The van der Waals surface area contributed by atoms with E-state index >= 15 is 0 Å². The molecule has 0 unspecified atom stereocenters. The molecule has 0 aliphatic carbocycles. The summed E-state index contributed by atoms with van der Waals surface area (Å²) in [5.74, 6) is 1.38. The number of furan rings is 1. The lowest BCUT2D eigenvalue weighted by molar-refractivity contribution is 0.0526. The standard InChI is InChI=1S/C20H21N7O4S/c1-5-30-19(28)15-11(3)31-18-16(15)17(21)22-14(23-18)9-32-20-24-25-26-27(20)12-8-10(2)6-7-13(12)29-4/h6-8H,5,9H2,1-4H3,(H2,21,22,23). The van der Waals surface area contributed by atoms with Crippen molar-refractivity contribution in [3.63, 3.8) is 0 Å². The van der Waals surface area contributed by atoms with Crippen LogP contribution in [-0.2, 0) is 10.5 Å². The van der Waals surface area contributed by atoms with Crippen molar-refractivity contribution < 1.29 is 18.7 Å². The number of aryl methyl sites for hydroxylation is 2. The molecule has 0 bridgehead atoms. The highest BCUT2D eigenvalue weighted by Gasteiger charge is 2.24. The molecular weight excluding hydrogens is 434 g/mol. The van der Waals surface area contributed by atoms with Crippen molar-refractivity contribution >= 4 is 34.6 Å². The van der Waals surface area contributed by atoms with Crippen molar-refractivity contribution in [2.75, 3.05) is 19.5 Å². The average Bonchev–Trinajstić information content (AvgIpc) is 3.36. The molecule has 0 saturated carbocycles. The molecule has 0 aliphatic rings. The molecular formula is C20H21N7O4S. The lowest BCUT2D eigenvalue weighted by atomic mass is 10.2. The highest BCUT2D eigenvalue weighted by molar-refractivity contribution is 7.98. The van der Waals surface area contributed by atoms with E-state index in [0.29, 0.717) is 33.6 Å². The third kappa shape index (κ3) is 3.96. The first-order valence-electron chi connectivity index (χ1n) is 9.71. The summed E-state index contributed by atoms with van der Waals surface area (Å²) in [7, 11) is 1.59. The molecule has 166 valence electrons. The Labute approximate surface area is 187 Å². The molecule has 0 radical (unpaired) electrons. The van der Waals surface area contributed by atoms with E-state index in [0.717, 1.165) is 11.3 Å². The van der Waals surface area contributed by atoms with Crippen LogP contribution in [0.25, 0.3) is 16.8 Å². The zero-order valence-electron chi connectivity index (χ0n) is 17.9. The van der Waals surface area contributed by atoms with Crippen LogP contribution in [0.5, 0.6) is 5.75 Å². The number of hydrogen-bond acceptors (Lipinski definition) is 11. The molecule has 11 nitrogen and oxygen atoms in total. The zero-order chi connectivity index (χ0) is 22.8. The second-order valence-corrected chi connectivity index (χ2v) is 7.74. The van der Waals surface area contributed by atoms with Gasteiger partial charge in [0.05, 0.1) is 24.9 Å². The third-order valence-electron chi connectivity index (χ3n) is 4.62. The van der Waals surface area contributed by atoms with Crippen LogP contribution in [0.4, 0.5) is 5.82 Å². The van der Waals surface area contributed by atoms with Crippen LogP contribution in [0.3, 0.4) is 0 Å². The largest absolute Gasteiger partial charge is 0.494 e. The summed E-state index contributed by atoms with van der Waals surface area (Å²) < 4.78 is 17.8. The Kier molecular flexibility index (Phi) is 5.95. The number of nitrogens with zero attached hydrogens (tertiary/aromatic N) is 6. The number of methoxy groups -OCH3 is 1. The number of rotatable bonds is 7. The van der Waals surface area contributed by atoms with Gasteiger partial charge >= 0.3 is 5.97 Å². The molecule has 32 heavy (non-hydrogen) atoms. The first kappa shape index (κ1) is 21.6. The van der Waals surface area contributed by atoms with E-state index in [-0.39, 0.29) is 23.7 Å². The molecule has 12 heteroatoms. The molecule has 0 atom stereocenters. The lowest BCUT2D eigenvalue weighted by Gasteiger charge is -2.10. The summed E-state index contributed by atoms with van der Waals surface area (Å²) in [4.78, 5) is 21.0. The molecule has 4 aromatic rings. The number of fused-ring (bicyclic) bond motifs is 1. The molecule has 0 fully saturated rings. The Hall–Kier alpha value is -3.67. The Morgan fingerprint density at radius 2 is 2.09 bits per heavy atom. The number of carbonyl (C=O) groups excluding carboxylic acids is 1. The number of carbonyl (C=O) groups is 1. The van der Waals surface area contributed by atoms with Gasteiger partial charge in [-0.2, -0.15) is 9.67 Å². The van der Waals surface area contributed by atoms with E-state index in [9.17, 15) is 4.79 Å². The van der Waals surface area contributed by atoms with Crippen LogP contribution in [0.1, 0.15) is 34.4 Å². The van der Waals surface area contributed by atoms with Gasteiger partial charge in [0.15, 0.2) is 0 Å². The number of hydrogen-bond donors (Lipinski definition) is 1. The normalized spacial score (nSPS) is 11.1. The second-order valence-electron chi connectivity index (χ2n) is 6.80. The van der Waals surface area contributed by atoms with E-state index < -0.39 is 5.97 Å². The van der Waals surface area contributed by atoms with Crippen molar-refractivity contribution in [2.45, 2.75) is 31.7 Å². The van der Waals surface area contributed by atoms with Crippen LogP contribution >= 0.6 is 11.8 Å². The van der Waals surface area contributed by atoms with Crippen LogP contribution in [-0.4, -0.2) is 49.9 Å². The van der Waals surface area contributed by atoms with Gasteiger partial charge < -0.3 is 19.6 Å². The van der Waals surface area contributed by atoms with Gasteiger partial charge in [-0.05, 0) is 48.9 Å². The van der Waals surface area contributed by atoms with Crippen LogP contribution in [0.2, 0.25) is 0 Å². The quantitative estimate of drug-likeness (QED) is 0.324. The number of tetrazole rings is 1. The van der Waals surface area contributed by atoms with Gasteiger partial charge in [-0.3, -0.25) is 0 Å². The minimum absolute atomic E-state index is 0.144. The molecule has 2 N–H and O–H groups in total. The highest BCUT2D eigenvalue weighted by atomic mass is 32.2.